The SMILES string of the molecule is Cc1cccc2ccccc12.Nc1cccc2c(N(C3=CC=CCC=C3)C3=CC=CCC3)cccc12.[HH]. The molecule has 0 radical (unpaired) electrons. The lowest BCUT2D eigenvalue weighted by molar-refractivity contribution is 0.903. The molecule has 2 aliphatic carbocycles. The molecule has 0 aromatic heterocycles. The Morgan fingerprint density at radius 1 is 0.722 bits per heavy atom. The highest BCUT2D eigenvalue weighted by Gasteiger charge is 2.18. The summed E-state index contributed by atoms with van der Waals surface area (Å²) in [5.74, 6) is 0. The monoisotopic (exact) mass is 470 g/mol. The Morgan fingerprint density at radius 2 is 1.47 bits per heavy atom. The number of fused-ring (bicyclic) bond motifs is 2. The van der Waals surface area contributed by atoms with Gasteiger partial charge in [0.25, 0.3) is 0 Å². The Kier molecular flexibility index (Phi) is 7.14. The number of hydrogen-bond acceptors (Lipinski definition) is 2. The third-order valence-electron chi connectivity index (χ3n) is 6.68. The van der Waals surface area contributed by atoms with E-state index >= 15 is 0 Å². The minimum Gasteiger partial charge on any atom is -0.398 e. The van der Waals surface area contributed by atoms with Crippen LogP contribution in [-0.4, -0.2) is 0 Å². The standard InChI is InChI=1S/C23H22N2.C11H10.H2/c24-22-16-8-15-21-20(22)14-9-17-23(21)25(19-12-6-3-7-13-19)18-10-4-1-2-5-11-18;1-9-5-4-7-10-6-2-3-8-11(9)10;/h1,3-6,8-12,14-17H,2,7,13,24H2;2-8H,1H3;1H. The fraction of sp³-hybridized carbons (Fsp3) is 0.118. The average Bonchev–Trinajstić information content (AvgIpc) is 3.20. The van der Waals surface area contributed by atoms with Crippen LogP contribution in [0.1, 0.15) is 26.3 Å². The van der Waals surface area contributed by atoms with E-state index in [4.69, 9.17) is 5.73 Å². The van der Waals surface area contributed by atoms with Crippen LogP contribution in [0.25, 0.3) is 21.5 Å². The number of hydrogen-bond donors (Lipinski definition) is 1. The molecule has 0 heterocycles. The van der Waals surface area contributed by atoms with Crippen LogP contribution in [-0.2, 0) is 0 Å². The number of aryl methyl sites for hydroxylation is 1. The lowest BCUT2D eigenvalue weighted by Crippen LogP contribution is -2.22. The maximum Gasteiger partial charge on any atom is 0.0537 e. The third-order valence-corrected chi connectivity index (χ3v) is 6.68. The first-order valence-corrected chi connectivity index (χ1v) is 12.6. The molecule has 0 saturated carbocycles. The van der Waals surface area contributed by atoms with Gasteiger partial charge in [-0.2, -0.15) is 0 Å². The smallest absolute Gasteiger partial charge is 0.0537 e. The van der Waals surface area contributed by atoms with Gasteiger partial charge in [0.05, 0.1) is 5.69 Å². The zero-order chi connectivity index (χ0) is 24.7. The van der Waals surface area contributed by atoms with Gasteiger partial charge in [0.15, 0.2) is 0 Å². The van der Waals surface area contributed by atoms with Gasteiger partial charge in [-0.1, -0.05) is 97.1 Å². The molecule has 0 bridgehead atoms. The Balaban J connectivity index is 0.000000224. The van der Waals surface area contributed by atoms with Crippen molar-refractivity contribution in [3.8, 4) is 0 Å². The van der Waals surface area contributed by atoms with Crippen molar-refractivity contribution >= 4 is 32.9 Å². The molecular weight excluding hydrogens is 436 g/mol. The van der Waals surface area contributed by atoms with Crippen LogP contribution in [0, 0.1) is 6.92 Å². The van der Waals surface area contributed by atoms with Crippen LogP contribution in [0.4, 0.5) is 11.4 Å². The third kappa shape index (κ3) is 5.04. The van der Waals surface area contributed by atoms with Crippen molar-refractivity contribution in [2.24, 2.45) is 0 Å². The lowest BCUT2D eigenvalue weighted by Gasteiger charge is -2.30. The minimum atomic E-state index is 0. The zero-order valence-electron chi connectivity index (χ0n) is 20.8. The van der Waals surface area contributed by atoms with Crippen molar-refractivity contribution in [3.63, 3.8) is 0 Å². The number of nitrogen functional groups attached to an aromatic ring is 1. The van der Waals surface area contributed by atoms with Crippen molar-refractivity contribution in [2.75, 3.05) is 10.6 Å². The summed E-state index contributed by atoms with van der Waals surface area (Å²) in [4.78, 5) is 2.37. The van der Waals surface area contributed by atoms with Gasteiger partial charge in [-0.15, -0.1) is 0 Å². The summed E-state index contributed by atoms with van der Waals surface area (Å²) in [6.07, 6.45) is 20.6. The zero-order valence-corrected chi connectivity index (χ0v) is 20.8. The molecule has 0 aliphatic heterocycles. The largest absolute Gasteiger partial charge is 0.398 e. The van der Waals surface area contributed by atoms with E-state index in [1.54, 1.807) is 0 Å². The van der Waals surface area contributed by atoms with Crippen molar-refractivity contribution in [3.05, 3.63) is 144 Å². The molecule has 180 valence electrons. The van der Waals surface area contributed by atoms with Gasteiger partial charge in [-0.3, -0.25) is 0 Å². The molecule has 2 aliphatic rings. The fourth-order valence-corrected chi connectivity index (χ4v) is 4.85. The van der Waals surface area contributed by atoms with Gasteiger partial charge in [0.1, 0.15) is 0 Å². The molecule has 0 fully saturated rings. The summed E-state index contributed by atoms with van der Waals surface area (Å²) in [6, 6.07) is 27.4. The number of benzene rings is 4. The summed E-state index contributed by atoms with van der Waals surface area (Å²) in [5.41, 5.74) is 12.1. The summed E-state index contributed by atoms with van der Waals surface area (Å²) in [6.45, 7) is 2.14. The van der Waals surface area contributed by atoms with Gasteiger partial charge in [-0.25, -0.2) is 0 Å². The molecule has 2 nitrogen and oxygen atoms in total. The second kappa shape index (κ2) is 11.0. The molecule has 36 heavy (non-hydrogen) atoms. The minimum absolute atomic E-state index is 0. The quantitative estimate of drug-likeness (QED) is 0.302. The number of nitrogens with two attached hydrogens (primary N) is 1. The van der Waals surface area contributed by atoms with Crippen LogP contribution in [0.5, 0.6) is 0 Å². The molecule has 2 N–H and O–H groups in total. The summed E-state index contributed by atoms with van der Waals surface area (Å²) in [7, 11) is 0. The van der Waals surface area contributed by atoms with Crippen LogP contribution in [0.2, 0.25) is 0 Å². The molecule has 4 aromatic rings. The van der Waals surface area contributed by atoms with E-state index in [9.17, 15) is 0 Å². The Bertz CT molecular complexity index is 1530. The molecule has 6 rings (SSSR count). The summed E-state index contributed by atoms with van der Waals surface area (Å²) in [5, 5.41) is 4.97. The topological polar surface area (TPSA) is 29.3 Å². The molecular formula is C34H34N2. The number of allylic oxidation sites excluding steroid dienone is 9. The van der Waals surface area contributed by atoms with Crippen molar-refractivity contribution in [1.29, 1.82) is 0 Å². The molecule has 0 spiro atoms. The number of anilines is 2. The first-order valence-electron chi connectivity index (χ1n) is 12.6. The average molecular weight is 471 g/mol. The molecule has 2 heteroatoms. The Labute approximate surface area is 215 Å². The van der Waals surface area contributed by atoms with Gasteiger partial charge >= 0.3 is 0 Å². The Morgan fingerprint density at radius 3 is 2.33 bits per heavy atom. The van der Waals surface area contributed by atoms with Crippen molar-refractivity contribution < 1.29 is 1.43 Å². The van der Waals surface area contributed by atoms with E-state index in [1.165, 1.54) is 38.8 Å². The first-order chi connectivity index (χ1) is 17.7. The molecule has 0 amide bonds. The van der Waals surface area contributed by atoms with E-state index in [0.29, 0.717) is 0 Å². The number of rotatable bonds is 3. The maximum absolute atomic E-state index is 6.22. The fourth-order valence-electron chi connectivity index (χ4n) is 4.85. The van der Waals surface area contributed by atoms with E-state index in [0.717, 1.165) is 30.3 Å². The summed E-state index contributed by atoms with van der Waals surface area (Å²) >= 11 is 0. The normalized spacial score (nSPS) is 14.6. The maximum atomic E-state index is 6.22. The van der Waals surface area contributed by atoms with Crippen LogP contribution in [0.3, 0.4) is 0 Å². The van der Waals surface area contributed by atoms with Crippen LogP contribution >= 0.6 is 0 Å². The van der Waals surface area contributed by atoms with Gasteiger partial charge in [-0.05, 0) is 72.9 Å². The number of nitrogens with zero attached hydrogens (tertiary/aromatic N) is 1. The highest BCUT2D eigenvalue weighted by Crippen LogP contribution is 2.36. The molecule has 0 unspecified atom stereocenters. The van der Waals surface area contributed by atoms with E-state index in [1.807, 2.05) is 12.1 Å². The first kappa shape index (κ1) is 23.4. The highest BCUT2D eigenvalue weighted by molar-refractivity contribution is 6.02. The highest BCUT2D eigenvalue weighted by atomic mass is 15.2. The van der Waals surface area contributed by atoms with E-state index in [-0.39, 0.29) is 1.43 Å². The Hall–Kier alpha value is -4.30. The second-order valence-corrected chi connectivity index (χ2v) is 9.13. The van der Waals surface area contributed by atoms with E-state index < -0.39 is 0 Å². The van der Waals surface area contributed by atoms with Crippen LogP contribution < -0.4 is 10.6 Å². The van der Waals surface area contributed by atoms with Crippen molar-refractivity contribution in [1.82, 2.24) is 0 Å². The molecule has 0 saturated heterocycles. The summed E-state index contributed by atoms with van der Waals surface area (Å²) < 4.78 is 0. The molecule has 0 atom stereocenters. The van der Waals surface area contributed by atoms with Gasteiger partial charge in [0.2, 0.25) is 0 Å². The van der Waals surface area contributed by atoms with Crippen molar-refractivity contribution in [2.45, 2.75) is 26.2 Å². The van der Waals surface area contributed by atoms with Crippen LogP contribution in [0.15, 0.2) is 139 Å². The predicted octanol–water partition coefficient (Wildman–Crippen LogP) is 9.26. The predicted molar refractivity (Wildman–Crippen MR) is 159 cm³/mol. The van der Waals surface area contributed by atoms with Gasteiger partial charge in [0, 0.05) is 29.3 Å². The van der Waals surface area contributed by atoms with Gasteiger partial charge < -0.3 is 10.6 Å². The lowest BCUT2D eigenvalue weighted by atomic mass is 10.0. The molecule has 4 aromatic carbocycles. The van der Waals surface area contributed by atoms with E-state index in [2.05, 4.69) is 127 Å². The second-order valence-electron chi connectivity index (χ2n) is 9.13.